The van der Waals surface area contributed by atoms with Crippen molar-refractivity contribution in [3.8, 4) is 12.3 Å². The van der Waals surface area contributed by atoms with Crippen molar-refractivity contribution in [1.29, 1.82) is 0 Å². The van der Waals surface area contributed by atoms with Crippen LogP contribution in [0.3, 0.4) is 0 Å². The topological polar surface area (TPSA) is 75.3 Å². The molecule has 0 spiro atoms. The molecule has 7 heteroatoms. The predicted molar refractivity (Wildman–Crippen MR) is 116 cm³/mol. The van der Waals surface area contributed by atoms with Crippen molar-refractivity contribution in [2.75, 3.05) is 13.2 Å². The second-order valence-corrected chi connectivity index (χ2v) is 7.72. The summed E-state index contributed by atoms with van der Waals surface area (Å²) in [6.07, 6.45) is 2.60. The molecule has 6 atom stereocenters. The van der Waals surface area contributed by atoms with Gasteiger partial charge in [0, 0.05) is 12.5 Å². The van der Waals surface area contributed by atoms with E-state index in [1.807, 2.05) is 60.7 Å². The first-order valence-corrected chi connectivity index (χ1v) is 10.6. The first kappa shape index (κ1) is 22.5. The number of carbonyl (C=O) groups excluding carboxylic acids is 1. The van der Waals surface area contributed by atoms with Crippen LogP contribution in [0.25, 0.3) is 0 Å². The lowest BCUT2D eigenvalue weighted by molar-refractivity contribution is -0.348. The van der Waals surface area contributed by atoms with Gasteiger partial charge in [0.25, 0.3) is 0 Å². The van der Waals surface area contributed by atoms with Gasteiger partial charge in [-0.3, -0.25) is 4.79 Å². The maximum absolute atomic E-state index is 12.0. The Hall–Kier alpha value is -2.73. The Morgan fingerprint density at radius 1 is 1.09 bits per heavy atom. The first-order valence-electron chi connectivity index (χ1n) is 10.6. The van der Waals surface area contributed by atoms with E-state index in [0.717, 1.165) is 11.1 Å². The lowest BCUT2D eigenvalue weighted by Crippen LogP contribution is -2.67. The third-order valence-corrected chi connectivity index (χ3v) is 5.40. The van der Waals surface area contributed by atoms with E-state index in [2.05, 4.69) is 11.2 Å². The number of hydrogen-bond acceptors (Lipinski definition) is 6. The van der Waals surface area contributed by atoms with Crippen LogP contribution in [0.2, 0.25) is 0 Å². The molecule has 0 radical (unpaired) electrons. The zero-order chi connectivity index (χ0) is 22.3. The van der Waals surface area contributed by atoms with Gasteiger partial charge < -0.3 is 29.0 Å². The minimum atomic E-state index is -0.761. The van der Waals surface area contributed by atoms with E-state index in [9.17, 15) is 4.79 Å². The molecule has 0 bridgehead atoms. The third kappa shape index (κ3) is 5.36. The lowest BCUT2D eigenvalue weighted by Gasteiger charge is -2.49. The number of ether oxygens (including phenoxy) is 5. The molecule has 2 aliphatic heterocycles. The number of benzene rings is 2. The Kier molecular flexibility index (Phi) is 7.53. The molecule has 0 unspecified atom stereocenters. The van der Waals surface area contributed by atoms with E-state index in [0.29, 0.717) is 6.61 Å². The van der Waals surface area contributed by atoms with Crippen LogP contribution in [-0.4, -0.2) is 49.8 Å². The summed E-state index contributed by atoms with van der Waals surface area (Å²) in [5, 5.41) is 2.91. The van der Waals surface area contributed by atoms with Gasteiger partial charge in [0.05, 0.1) is 13.2 Å². The monoisotopic (exact) mass is 437 g/mol. The van der Waals surface area contributed by atoms with Gasteiger partial charge in [0.2, 0.25) is 5.91 Å². The number of rotatable bonds is 7. The van der Waals surface area contributed by atoms with Crippen molar-refractivity contribution in [3.63, 3.8) is 0 Å². The fourth-order valence-corrected chi connectivity index (χ4v) is 3.98. The molecule has 168 valence electrons. The normalized spacial score (nSPS) is 29.5. The van der Waals surface area contributed by atoms with Crippen molar-refractivity contribution in [1.82, 2.24) is 5.32 Å². The first-order chi connectivity index (χ1) is 15.7. The molecule has 0 aromatic heterocycles. The number of carbonyl (C=O) groups is 1. The van der Waals surface area contributed by atoms with Gasteiger partial charge in [-0.1, -0.05) is 66.6 Å². The molecule has 0 aliphatic carbocycles. The summed E-state index contributed by atoms with van der Waals surface area (Å²) in [6, 6.07) is 18.8. The van der Waals surface area contributed by atoms with Crippen molar-refractivity contribution in [3.05, 3.63) is 71.8 Å². The van der Waals surface area contributed by atoms with Gasteiger partial charge in [-0.2, -0.15) is 0 Å². The highest BCUT2D eigenvalue weighted by Crippen LogP contribution is 2.35. The highest BCUT2D eigenvalue weighted by molar-refractivity contribution is 5.73. The predicted octanol–water partition coefficient (Wildman–Crippen LogP) is 2.57. The Morgan fingerprint density at radius 3 is 2.50 bits per heavy atom. The van der Waals surface area contributed by atoms with E-state index in [-0.39, 0.29) is 19.1 Å². The fraction of sp³-hybridized carbons (Fsp3) is 0.400. The molecule has 2 aromatic rings. The highest BCUT2D eigenvalue weighted by atomic mass is 16.7. The van der Waals surface area contributed by atoms with E-state index >= 15 is 0 Å². The van der Waals surface area contributed by atoms with Crippen molar-refractivity contribution in [2.24, 2.45) is 0 Å². The van der Waals surface area contributed by atoms with Crippen LogP contribution in [-0.2, 0) is 35.1 Å². The lowest BCUT2D eigenvalue weighted by atomic mass is 9.95. The van der Waals surface area contributed by atoms with Crippen LogP contribution in [0.1, 0.15) is 24.3 Å². The molecule has 0 saturated carbocycles. The zero-order valence-electron chi connectivity index (χ0n) is 17.9. The largest absolute Gasteiger partial charge is 0.360 e. The smallest absolute Gasteiger partial charge is 0.217 e. The van der Waals surface area contributed by atoms with Crippen molar-refractivity contribution in [2.45, 2.75) is 50.5 Å². The van der Waals surface area contributed by atoms with Gasteiger partial charge >= 0.3 is 0 Å². The van der Waals surface area contributed by atoms with Crippen molar-refractivity contribution >= 4 is 5.91 Å². The number of amides is 1. The molecular formula is C25H27NO6. The molecule has 7 nitrogen and oxygen atoms in total. The quantitative estimate of drug-likeness (QED) is 0.671. The minimum Gasteiger partial charge on any atom is -0.360 e. The summed E-state index contributed by atoms with van der Waals surface area (Å²) in [6.45, 7) is 2.11. The Morgan fingerprint density at radius 2 is 1.81 bits per heavy atom. The molecular weight excluding hydrogens is 410 g/mol. The van der Waals surface area contributed by atoms with E-state index in [1.165, 1.54) is 6.92 Å². The maximum Gasteiger partial charge on any atom is 0.217 e. The molecule has 2 saturated heterocycles. The van der Waals surface area contributed by atoms with E-state index in [1.54, 1.807) is 0 Å². The zero-order valence-corrected chi connectivity index (χ0v) is 17.9. The summed E-state index contributed by atoms with van der Waals surface area (Å²) in [7, 11) is 0. The van der Waals surface area contributed by atoms with Crippen LogP contribution in [0, 0.1) is 12.3 Å². The molecule has 1 amide bonds. The minimum absolute atomic E-state index is 0.0651. The van der Waals surface area contributed by atoms with Crippen LogP contribution in [0.5, 0.6) is 0 Å². The van der Waals surface area contributed by atoms with Gasteiger partial charge in [-0.05, 0) is 5.56 Å². The van der Waals surface area contributed by atoms with Crippen LogP contribution in [0.15, 0.2) is 60.7 Å². The van der Waals surface area contributed by atoms with Gasteiger partial charge in [0.1, 0.15) is 31.0 Å². The molecule has 2 aromatic carbocycles. The number of nitrogens with one attached hydrogen (secondary N) is 1. The molecule has 2 fully saturated rings. The highest BCUT2D eigenvalue weighted by Gasteiger charge is 2.51. The number of terminal acetylenes is 1. The Bertz CT molecular complexity index is 915. The van der Waals surface area contributed by atoms with Crippen molar-refractivity contribution < 1.29 is 28.5 Å². The Balaban J connectivity index is 1.55. The van der Waals surface area contributed by atoms with Crippen LogP contribution in [0.4, 0.5) is 0 Å². The average Bonchev–Trinajstić information content (AvgIpc) is 2.82. The van der Waals surface area contributed by atoms with Gasteiger partial charge in [-0.15, -0.1) is 6.42 Å². The molecule has 1 N–H and O–H groups in total. The molecule has 32 heavy (non-hydrogen) atoms. The van der Waals surface area contributed by atoms with Gasteiger partial charge in [0.15, 0.2) is 12.6 Å². The Labute approximate surface area is 187 Å². The SMILES string of the molecule is C#CCO[C@H]1[C@H](NC(C)=O)[C@H](OCc2ccccc2)O[C@@H]2CO[C@H](c3ccccc3)O[C@@H]12. The average molecular weight is 437 g/mol. The fourth-order valence-electron chi connectivity index (χ4n) is 3.98. The summed E-state index contributed by atoms with van der Waals surface area (Å²) >= 11 is 0. The second-order valence-electron chi connectivity index (χ2n) is 7.72. The molecule has 2 aliphatic rings. The number of fused-ring (bicyclic) bond motifs is 1. The number of hydrogen-bond donors (Lipinski definition) is 1. The second kappa shape index (κ2) is 10.7. The summed E-state index contributed by atoms with van der Waals surface area (Å²) < 4.78 is 30.5. The molecule has 2 heterocycles. The van der Waals surface area contributed by atoms with Crippen LogP contribution < -0.4 is 5.32 Å². The summed E-state index contributed by atoms with van der Waals surface area (Å²) in [5.41, 5.74) is 1.88. The molecule has 4 rings (SSSR count). The van der Waals surface area contributed by atoms with E-state index < -0.39 is 36.9 Å². The van der Waals surface area contributed by atoms with E-state index in [4.69, 9.17) is 30.1 Å². The summed E-state index contributed by atoms with van der Waals surface area (Å²) in [5.74, 6) is 2.27. The standard InChI is InChI=1S/C25H27NO6/c1-3-14-28-23-21(26-17(2)27)25(29-15-18-10-6-4-7-11-18)31-20-16-30-24(32-22(20)23)19-12-8-5-9-13-19/h1,4-13,20-25H,14-16H2,2H3,(H,26,27)/t20-,21+,22-,23+,24+,25-/m1/s1. The van der Waals surface area contributed by atoms with Gasteiger partial charge in [-0.25, -0.2) is 0 Å². The summed E-state index contributed by atoms with van der Waals surface area (Å²) in [4.78, 5) is 12.0. The third-order valence-electron chi connectivity index (χ3n) is 5.40. The van der Waals surface area contributed by atoms with Crippen LogP contribution >= 0.6 is 0 Å². The maximum atomic E-state index is 12.0.